The van der Waals surface area contributed by atoms with Crippen molar-refractivity contribution in [3.05, 3.63) is 53.1 Å². The number of hydrogen-bond donors (Lipinski definition) is 1. The number of amides is 1. The predicted octanol–water partition coefficient (Wildman–Crippen LogP) is 2.59. The molecule has 1 atom stereocenters. The van der Waals surface area contributed by atoms with Crippen LogP contribution < -0.4 is 19.1 Å². The number of nitrogens with zero attached hydrogens (tertiary/aromatic N) is 1. The smallest absolute Gasteiger partial charge is 0.241 e. The van der Waals surface area contributed by atoms with Crippen LogP contribution in [0.5, 0.6) is 11.5 Å². The van der Waals surface area contributed by atoms with Crippen molar-refractivity contribution in [2.75, 3.05) is 30.3 Å². The van der Waals surface area contributed by atoms with Crippen LogP contribution in [0, 0.1) is 0 Å². The molecule has 0 bridgehead atoms. The van der Waals surface area contributed by atoms with Crippen molar-refractivity contribution in [3.63, 3.8) is 0 Å². The highest BCUT2D eigenvalue weighted by atomic mass is 32.2. The highest BCUT2D eigenvalue weighted by molar-refractivity contribution is 7.92. The minimum Gasteiger partial charge on any atom is -0.486 e. The number of hydrogen-bond acceptors (Lipinski definition) is 5. The van der Waals surface area contributed by atoms with E-state index in [2.05, 4.69) is 17.4 Å². The first kappa shape index (κ1) is 20.5. The van der Waals surface area contributed by atoms with Crippen molar-refractivity contribution in [1.82, 2.24) is 5.32 Å². The minimum atomic E-state index is -3.67. The molecule has 4 rings (SSSR count). The van der Waals surface area contributed by atoms with Crippen molar-refractivity contribution in [1.29, 1.82) is 0 Å². The highest BCUT2D eigenvalue weighted by Gasteiger charge is 2.24. The molecule has 30 heavy (non-hydrogen) atoms. The lowest BCUT2D eigenvalue weighted by Crippen LogP contribution is -2.41. The molecule has 1 N–H and O–H groups in total. The van der Waals surface area contributed by atoms with Gasteiger partial charge >= 0.3 is 0 Å². The molecule has 2 aromatic carbocycles. The zero-order chi connectivity index (χ0) is 21.3. The molecule has 160 valence electrons. The lowest BCUT2D eigenvalue weighted by Gasteiger charge is -2.25. The molecule has 7 nitrogen and oxygen atoms in total. The average Bonchev–Trinajstić information content (AvgIpc) is 3.18. The molecule has 1 aliphatic carbocycles. The summed E-state index contributed by atoms with van der Waals surface area (Å²) in [6.07, 6.45) is 4.42. The third kappa shape index (κ3) is 4.38. The van der Waals surface area contributed by atoms with Crippen molar-refractivity contribution in [2.24, 2.45) is 0 Å². The number of carbonyl (C=O) groups excluding carboxylic acids is 1. The highest BCUT2D eigenvalue weighted by Crippen LogP contribution is 2.34. The fourth-order valence-electron chi connectivity index (χ4n) is 3.95. The Labute approximate surface area is 177 Å². The number of rotatable bonds is 6. The number of nitrogens with one attached hydrogen (secondary N) is 1. The first-order valence-electron chi connectivity index (χ1n) is 10.1. The van der Waals surface area contributed by atoms with Gasteiger partial charge in [0.1, 0.15) is 19.8 Å². The van der Waals surface area contributed by atoms with Gasteiger partial charge in [0.15, 0.2) is 11.5 Å². The topological polar surface area (TPSA) is 84.9 Å². The Hall–Kier alpha value is -2.74. The molecule has 1 heterocycles. The van der Waals surface area contributed by atoms with Crippen LogP contribution in [0.4, 0.5) is 5.69 Å². The summed E-state index contributed by atoms with van der Waals surface area (Å²) in [5.74, 6) is 0.663. The number of anilines is 1. The standard InChI is InChI=1S/C22H26N2O5S/c1-15(17-7-6-16-4-3-5-18(16)12-17)23-22(25)14-24(30(2,26)27)19-8-9-20-21(13-19)29-11-10-28-20/h6-9,12-13,15H,3-5,10-11,14H2,1-2H3,(H,23,25)/t15-/m1/s1. The van der Waals surface area contributed by atoms with Crippen LogP contribution in [0.2, 0.25) is 0 Å². The van der Waals surface area contributed by atoms with Crippen LogP contribution in [-0.2, 0) is 27.7 Å². The SMILES string of the molecule is C[C@@H](NC(=O)CN(c1ccc2c(c1)OCCO2)S(C)(=O)=O)c1ccc2c(c1)CCC2. The summed E-state index contributed by atoms with van der Waals surface area (Å²) < 4.78 is 36.9. The van der Waals surface area contributed by atoms with Crippen molar-refractivity contribution in [2.45, 2.75) is 32.2 Å². The zero-order valence-electron chi connectivity index (χ0n) is 17.2. The van der Waals surface area contributed by atoms with Crippen LogP contribution in [0.3, 0.4) is 0 Å². The molecule has 0 saturated heterocycles. The van der Waals surface area contributed by atoms with E-state index in [4.69, 9.17) is 9.47 Å². The van der Waals surface area contributed by atoms with Gasteiger partial charge in [-0.25, -0.2) is 8.42 Å². The van der Waals surface area contributed by atoms with Gasteiger partial charge in [-0.05, 0) is 55.0 Å². The molecule has 0 aromatic heterocycles. The van der Waals surface area contributed by atoms with Gasteiger partial charge in [-0.3, -0.25) is 9.10 Å². The van der Waals surface area contributed by atoms with Crippen LogP contribution in [0.25, 0.3) is 0 Å². The maximum Gasteiger partial charge on any atom is 0.241 e. The van der Waals surface area contributed by atoms with Gasteiger partial charge in [0, 0.05) is 6.07 Å². The number of carbonyl (C=O) groups is 1. The van der Waals surface area contributed by atoms with Gasteiger partial charge in [-0.15, -0.1) is 0 Å². The van der Waals surface area contributed by atoms with Gasteiger partial charge in [0.2, 0.25) is 15.9 Å². The normalized spacial score (nSPS) is 15.9. The van der Waals surface area contributed by atoms with Gasteiger partial charge < -0.3 is 14.8 Å². The van der Waals surface area contributed by atoms with E-state index >= 15 is 0 Å². The van der Waals surface area contributed by atoms with E-state index in [0.717, 1.165) is 29.0 Å². The molecule has 0 radical (unpaired) electrons. The first-order chi connectivity index (χ1) is 14.3. The monoisotopic (exact) mass is 430 g/mol. The van der Waals surface area contributed by atoms with Gasteiger partial charge in [0.05, 0.1) is 18.0 Å². The largest absolute Gasteiger partial charge is 0.486 e. The molecule has 0 fully saturated rings. The second kappa shape index (κ2) is 8.18. The molecular formula is C22H26N2O5S. The molecule has 0 spiro atoms. The van der Waals surface area contributed by atoms with Crippen LogP contribution in [0.1, 0.15) is 36.1 Å². The van der Waals surface area contributed by atoms with Crippen molar-refractivity contribution < 1.29 is 22.7 Å². The Morgan fingerprint density at radius 3 is 2.57 bits per heavy atom. The number of benzene rings is 2. The Bertz CT molecular complexity index is 1070. The Kier molecular flexibility index (Phi) is 5.60. The summed E-state index contributed by atoms with van der Waals surface area (Å²) >= 11 is 0. The van der Waals surface area contributed by atoms with Crippen LogP contribution in [-0.4, -0.2) is 40.3 Å². The fourth-order valence-corrected chi connectivity index (χ4v) is 4.80. The maximum atomic E-state index is 12.7. The van der Waals surface area contributed by atoms with Crippen molar-refractivity contribution >= 4 is 21.6 Å². The summed E-state index contributed by atoms with van der Waals surface area (Å²) in [6, 6.07) is 10.9. The Morgan fingerprint density at radius 2 is 1.80 bits per heavy atom. The summed E-state index contributed by atoms with van der Waals surface area (Å²) in [5, 5.41) is 2.92. The number of fused-ring (bicyclic) bond motifs is 2. The maximum absolute atomic E-state index is 12.7. The molecule has 0 unspecified atom stereocenters. The first-order valence-corrected chi connectivity index (χ1v) is 11.9. The summed E-state index contributed by atoms with van der Waals surface area (Å²) in [7, 11) is -3.67. The molecule has 0 saturated carbocycles. The van der Waals surface area contributed by atoms with Gasteiger partial charge in [-0.2, -0.15) is 0 Å². The predicted molar refractivity (Wildman–Crippen MR) is 115 cm³/mol. The third-order valence-electron chi connectivity index (χ3n) is 5.50. The number of sulfonamides is 1. The fraction of sp³-hybridized carbons (Fsp3) is 0.409. The second-order valence-electron chi connectivity index (χ2n) is 7.77. The molecule has 8 heteroatoms. The quantitative estimate of drug-likeness (QED) is 0.762. The molecule has 1 amide bonds. The van der Waals surface area contributed by atoms with E-state index in [0.29, 0.717) is 30.4 Å². The average molecular weight is 431 g/mol. The van der Waals surface area contributed by atoms with Crippen molar-refractivity contribution in [3.8, 4) is 11.5 Å². The summed E-state index contributed by atoms with van der Waals surface area (Å²) in [4.78, 5) is 12.7. The van der Waals surface area contributed by atoms with E-state index in [1.807, 2.05) is 13.0 Å². The lowest BCUT2D eigenvalue weighted by atomic mass is 10.0. The summed E-state index contributed by atoms with van der Waals surface area (Å²) in [6.45, 7) is 2.44. The van der Waals surface area contributed by atoms with E-state index in [1.54, 1.807) is 18.2 Å². The second-order valence-corrected chi connectivity index (χ2v) is 9.68. The van der Waals surface area contributed by atoms with Crippen LogP contribution >= 0.6 is 0 Å². The van der Waals surface area contributed by atoms with E-state index in [-0.39, 0.29) is 18.5 Å². The van der Waals surface area contributed by atoms with Crippen LogP contribution in [0.15, 0.2) is 36.4 Å². The van der Waals surface area contributed by atoms with E-state index in [9.17, 15) is 13.2 Å². The Balaban J connectivity index is 1.49. The minimum absolute atomic E-state index is 0.218. The number of ether oxygens (including phenoxy) is 2. The number of aryl methyl sites for hydroxylation is 2. The van der Waals surface area contributed by atoms with Gasteiger partial charge in [-0.1, -0.05) is 18.2 Å². The van der Waals surface area contributed by atoms with E-state index < -0.39 is 10.0 Å². The molecule has 1 aliphatic heterocycles. The summed E-state index contributed by atoms with van der Waals surface area (Å²) in [5.41, 5.74) is 4.10. The van der Waals surface area contributed by atoms with E-state index in [1.165, 1.54) is 17.5 Å². The zero-order valence-corrected chi connectivity index (χ0v) is 18.0. The molecule has 2 aliphatic rings. The third-order valence-corrected chi connectivity index (χ3v) is 6.64. The van der Waals surface area contributed by atoms with Gasteiger partial charge in [0.25, 0.3) is 0 Å². The Morgan fingerprint density at radius 1 is 1.07 bits per heavy atom. The lowest BCUT2D eigenvalue weighted by molar-refractivity contribution is -0.120. The molecule has 2 aromatic rings. The molecular weight excluding hydrogens is 404 g/mol.